The summed E-state index contributed by atoms with van der Waals surface area (Å²) in [7, 11) is 0. The van der Waals surface area contributed by atoms with Crippen LogP contribution in [0.3, 0.4) is 0 Å². The summed E-state index contributed by atoms with van der Waals surface area (Å²) in [6.07, 6.45) is -0.416. The fourth-order valence-electron chi connectivity index (χ4n) is 2.48. The van der Waals surface area contributed by atoms with E-state index in [-0.39, 0.29) is 18.6 Å². The molecule has 6 nitrogen and oxygen atoms in total. The topological polar surface area (TPSA) is 104 Å². The number of hydrogen-bond donors (Lipinski definition) is 3. The van der Waals surface area contributed by atoms with Gasteiger partial charge in [-0.05, 0) is 12.0 Å². The van der Waals surface area contributed by atoms with Gasteiger partial charge in [0.25, 0.3) is 0 Å². The predicted octanol–water partition coefficient (Wildman–Crippen LogP) is 2.52. The van der Waals surface area contributed by atoms with Crippen LogP contribution in [0.4, 0.5) is 0 Å². The quantitative estimate of drug-likeness (QED) is 0.606. The van der Waals surface area contributed by atoms with Crippen molar-refractivity contribution in [3.63, 3.8) is 0 Å². The number of nitrogens with one attached hydrogen (secondary N) is 1. The third kappa shape index (κ3) is 5.26. The third-order valence-corrected chi connectivity index (χ3v) is 3.77. The average molecular weight is 341 g/mol. The van der Waals surface area contributed by atoms with E-state index in [0.29, 0.717) is 11.1 Å². The van der Waals surface area contributed by atoms with Gasteiger partial charge in [0.15, 0.2) is 5.78 Å². The maximum absolute atomic E-state index is 12.9. The lowest BCUT2D eigenvalue weighted by molar-refractivity contribution is -0.140. The van der Waals surface area contributed by atoms with Gasteiger partial charge in [-0.25, -0.2) is 0 Å². The number of aliphatic carboxylic acids is 2. The van der Waals surface area contributed by atoms with Crippen molar-refractivity contribution in [3.8, 4) is 0 Å². The van der Waals surface area contributed by atoms with Crippen LogP contribution in [-0.4, -0.2) is 34.0 Å². The molecule has 0 aliphatic rings. The standard InChI is InChI=1S/C19H19NO5/c21-16(22)12-11-15(19(24)25)20-17(13-7-3-1-4-8-13)18(23)14-9-5-2-6-10-14/h1-10,15,17,20H,11-12H2,(H,21,22)(H,24,25)/t15-,17?/m0/s1. The van der Waals surface area contributed by atoms with Crippen molar-refractivity contribution in [2.24, 2.45) is 0 Å². The third-order valence-electron chi connectivity index (χ3n) is 3.77. The second-order valence-corrected chi connectivity index (χ2v) is 5.56. The molecule has 0 bridgehead atoms. The molecule has 0 spiro atoms. The van der Waals surface area contributed by atoms with Crippen molar-refractivity contribution in [1.29, 1.82) is 0 Å². The van der Waals surface area contributed by atoms with Crippen molar-refractivity contribution in [2.45, 2.75) is 24.9 Å². The van der Waals surface area contributed by atoms with Crippen LogP contribution in [0.5, 0.6) is 0 Å². The van der Waals surface area contributed by atoms with Crippen molar-refractivity contribution in [3.05, 3.63) is 71.8 Å². The van der Waals surface area contributed by atoms with E-state index in [4.69, 9.17) is 5.11 Å². The van der Waals surface area contributed by atoms with E-state index in [2.05, 4.69) is 5.32 Å². The van der Waals surface area contributed by atoms with Gasteiger partial charge in [0.05, 0.1) is 6.04 Å². The Morgan fingerprint density at radius 3 is 1.96 bits per heavy atom. The fraction of sp³-hybridized carbons (Fsp3) is 0.211. The summed E-state index contributed by atoms with van der Waals surface area (Å²) in [5.74, 6) is -2.55. The van der Waals surface area contributed by atoms with Crippen LogP contribution in [0.15, 0.2) is 60.7 Å². The largest absolute Gasteiger partial charge is 0.481 e. The first-order valence-corrected chi connectivity index (χ1v) is 7.84. The van der Waals surface area contributed by atoms with Crippen LogP contribution >= 0.6 is 0 Å². The molecule has 3 N–H and O–H groups in total. The summed E-state index contributed by atoms with van der Waals surface area (Å²) < 4.78 is 0. The molecule has 0 amide bonds. The average Bonchev–Trinajstić information content (AvgIpc) is 2.62. The molecule has 6 heteroatoms. The van der Waals surface area contributed by atoms with Crippen molar-refractivity contribution >= 4 is 17.7 Å². The molecule has 2 rings (SSSR count). The smallest absolute Gasteiger partial charge is 0.320 e. The SMILES string of the molecule is O=C(O)CC[C@H](NC(C(=O)c1ccccc1)c1ccccc1)C(=O)O. The van der Waals surface area contributed by atoms with Gasteiger partial charge in [-0.2, -0.15) is 0 Å². The fourth-order valence-corrected chi connectivity index (χ4v) is 2.48. The van der Waals surface area contributed by atoms with E-state index in [1.54, 1.807) is 60.7 Å². The van der Waals surface area contributed by atoms with Gasteiger partial charge in [-0.1, -0.05) is 60.7 Å². The van der Waals surface area contributed by atoms with Gasteiger partial charge < -0.3 is 10.2 Å². The Morgan fingerprint density at radius 1 is 0.880 bits per heavy atom. The zero-order chi connectivity index (χ0) is 18.2. The lowest BCUT2D eigenvalue weighted by Crippen LogP contribution is -2.42. The first kappa shape index (κ1) is 18.4. The molecule has 2 aromatic rings. The molecule has 0 saturated carbocycles. The summed E-state index contributed by atoms with van der Waals surface area (Å²) >= 11 is 0. The summed E-state index contributed by atoms with van der Waals surface area (Å²) in [6.45, 7) is 0. The molecule has 2 atom stereocenters. The maximum atomic E-state index is 12.9. The zero-order valence-electron chi connectivity index (χ0n) is 13.5. The molecular weight excluding hydrogens is 322 g/mol. The number of Topliss-reactive ketones (excluding diaryl/α,β-unsaturated/α-hetero) is 1. The summed E-state index contributed by atoms with van der Waals surface area (Å²) in [4.78, 5) is 35.1. The van der Waals surface area contributed by atoms with Gasteiger partial charge in [0.2, 0.25) is 0 Å². The highest BCUT2D eigenvalue weighted by molar-refractivity contribution is 6.01. The normalized spacial score (nSPS) is 13.0. The second kappa shape index (κ2) is 8.75. The minimum atomic E-state index is -1.19. The van der Waals surface area contributed by atoms with Gasteiger partial charge in [-0.15, -0.1) is 0 Å². The number of ketones is 1. The van der Waals surface area contributed by atoms with Gasteiger partial charge in [0, 0.05) is 12.0 Å². The van der Waals surface area contributed by atoms with Crippen LogP contribution in [0, 0.1) is 0 Å². The van der Waals surface area contributed by atoms with Crippen LogP contribution in [0.25, 0.3) is 0 Å². The van der Waals surface area contributed by atoms with Crippen LogP contribution in [0.2, 0.25) is 0 Å². The molecule has 130 valence electrons. The Balaban J connectivity index is 2.29. The van der Waals surface area contributed by atoms with Crippen LogP contribution in [-0.2, 0) is 9.59 Å². The molecule has 0 fully saturated rings. The number of carbonyl (C=O) groups excluding carboxylic acids is 1. The minimum absolute atomic E-state index is 0.115. The number of carboxylic acids is 2. The van der Waals surface area contributed by atoms with E-state index in [1.807, 2.05) is 0 Å². The molecule has 1 unspecified atom stereocenters. The predicted molar refractivity (Wildman–Crippen MR) is 91.4 cm³/mol. The Morgan fingerprint density at radius 2 is 1.44 bits per heavy atom. The number of carbonyl (C=O) groups is 3. The lowest BCUT2D eigenvalue weighted by Gasteiger charge is -2.22. The summed E-state index contributed by atoms with van der Waals surface area (Å²) in [6, 6.07) is 15.3. The highest BCUT2D eigenvalue weighted by Gasteiger charge is 2.28. The summed E-state index contributed by atoms with van der Waals surface area (Å²) in [5.41, 5.74) is 1.07. The summed E-state index contributed by atoms with van der Waals surface area (Å²) in [5, 5.41) is 21.0. The molecule has 25 heavy (non-hydrogen) atoms. The van der Waals surface area contributed by atoms with E-state index >= 15 is 0 Å². The van der Waals surface area contributed by atoms with Crippen LogP contribution < -0.4 is 5.32 Å². The Bertz CT molecular complexity index is 730. The second-order valence-electron chi connectivity index (χ2n) is 5.56. The Kier molecular flexibility index (Phi) is 6.42. The number of benzene rings is 2. The van der Waals surface area contributed by atoms with Crippen LogP contribution in [0.1, 0.15) is 34.8 Å². The van der Waals surface area contributed by atoms with E-state index < -0.39 is 24.0 Å². The lowest BCUT2D eigenvalue weighted by atomic mass is 9.96. The number of rotatable bonds is 9. The molecule has 2 aromatic carbocycles. The van der Waals surface area contributed by atoms with E-state index in [9.17, 15) is 19.5 Å². The number of hydrogen-bond acceptors (Lipinski definition) is 4. The Hall–Kier alpha value is -2.99. The first-order chi connectivity index (χ1) is 12.0. The maximum Gasteiger partial charge on any atom is 0.320 e. The highest BCUT2D eigenvalue weighted by Crippen LogP contribution is 2.20. The van der Waals surface area contributed by atoms with E-state index in [0.717, 1.165) is 0 Å². The Labute approximate surface area is 145 Å². The molecular formula is C19H19NO5. The van der Waals surface area contributed by atoms with Crippen molar-refractivity contribution < 1.29 is 24.6 Å². The minimum Gasteiger partial charge on any atom is -0.481 e. The monoisotopic (exact) mass is 341 g/mol. The molecule has 0 aromatic heterocycles. The van der Waals surface area contributed by atoms with E-state index in [1.165, 1.54) is 0 Å². The first-order valence-electron chi connectivity index (χ1n) is 7.84. The highest BCUT2D eigenvalue weighted by atomic mass is 16.4. The number of carboxylic acid groups (broad SMARTS) is 2. The van der Waals surface area contributed by atoms with Gasteiger partial charge >= 0.3 is 11.9 Å². The molecule has 0 heterocycles. The molecule has 0 radical (unpaired) electrons. The van der Waals surface area contributed by atoms with Crippen molar-refractivity contribution in [1.82, 2.24) is 5.32 Å². The molecule has 0 saturated heterocycles. The molecule has 0 aliphatic heterocycles. The molecule has 0 aliphatic carbocycles. The van der Waals surface area contributed by atoms with Crippen molar-refractivity contribution in [2.75, 3.05) is 0 Å². The van der Waals surface area contributed by atoms with Gasteiger partial charge in [-0.3, -0.25) is 19.7 Å². The van der Waals surface area contributed by atoms with Gasteiger partial charge in [0.1, 0.15) is 6.04 Å². The zero-order valence-corrected chi connectivity index (χ0v) is 13.5.